The summed E-state index contributed by atoms with van der Waals surface area (Å²) in [6.07, 6.45) is 0. The predicted octanol–water partition coefficient (Wildman–Crippen LogP) is 4.33. The van der Waals surface area contributed by atoms with Gasteiger partial charge in [-0.3, -0.25) is 0 Å². The van der Waals surface area contributed by atoms with E-state index in [2.05, 4.69) is 26.0 Å². The van der Waals surface area contributed by atoms with E-state index in [-0.39, 0.29) is 5.82 Å². The van der Waals surface area contributed by atoms with Crippen LogP contribution in [0.2, 0.25) is 0 Å². The number of halogens is 1. The average Bonchev–Trinajstić information content (AvgIpc) is 2.35. The van der Waals surface area contributed by atoms with Crippen molar-refractivity contribution >= 4 is 0 Å². The van der Waals surface area contributed by atoms with Gasteiger partial charge in [0.25, 0.3) is 0 Å². The Morgan fingerprint density at radius 2 is 1.72 bits per heavy atom. The Morgan fingerprint density at radius 3 is 2.44 bits per heavy atom. The molecule has 0 aliphatic heterocycles. The monoisotopic (exact) mass is 244 g/mol. The molecule has 2 rings (SSSR count). The Labute approximate surface area is 107 Å². The van der Waals surface area contributed by atoms with Crippen molar-refractivity contribution in [1.29, 1.82) is 0 Å². The van der Waals surface area contributed by atoms with E-state index in [1.54, 1.807) is 25.1 Å². The third kappa shape index (κ3) is 2.70. The summed E-state index contributed by atoms with van der Waals surface area (Å²) in [5.41, 5.74) is 4.13. The molecule has 0 spiro atoms. The summed E-state index contributed by atoms with van der Waals surface area (Å²) in [6, 6.07) is 11.3. The lowest BCUT2D eigenvalue weighted by atomic mass is 10.1. The van der Waals surface area contributed by atoms with Crippen LogP contribution in [0.25, 0.3) is 0 Å². The van der Waals surface area contributed by atoms with Gasteiger partial charge in [0.1, 0.15) is 6.61 Å². The van der Waals surface area contributed by atoms with Crippen LogP contribution in [0.4, 0.5) is 4.39 Å². The zero-order valence-corrected chi connectivity index (χ0v) is 11.0. The summed E-state index contributed by atoms with van der Waals surface area (Å²) in [5.74, 6) is 0.0366. The zero-order chi connectivity index (χ0) is 13.1. The van der Waals surface area contributed by atoms with Crippen LogP contribution in [0.15, 0.2) is 36.4 Å². The standard InChI is InChI=1S/C16H17FO/c1-11-7-8-14(9-13(11)3)10-18-15-6-4-5-12(2)16(15)17/h4-9H,10H2,1-3H3. The first kappa shape index (κ1) is 12.6. The molecule has 0 amide bonds. The molecule has 2 aromatic carbocycles. The zero-order valence-electron chi connectivity index (χ0n) is 11.0. The van der Waals surface area contributed by atoms with Gasteiger partial charge in [-0.2, -0.15) is 0 Å². The molecule has 2 aromatic rings. The normalized spacial score (nSPS) is 10.4. The Balaban J connectivity index is 2.11. The van der Waals surface area contributed by atoms with Gasteiger partial charge in [-0.25, -0.2) is 4.39 Å². The fraction of sp³-hybridized carbons (Fsp3) is 0.250. The lowest BCUT2D eigenvalue weighted by Crippen LogP contribution is -1.99. The Morgan fingerprint density at radius 1 is 0.944 bits per heavy atom. The minimum atomic E-state index is -0.277. The maximum Gasteiger partial charge on any atom is 0.167 e. The van der Waals surface area contributed by atoms with E-state index in [9.17, 15) is 4.39 Å². The van der Waals surface area contributed by atoms with E-state index in [1.165, 1.54) is 11.1 Å². The largest absolute Gasteiger partial charge is 0.486 e. The quantitative estimate of drug-likeness (QED) is 0.780. The Kier molecular flexibility index (Phi) is 3.66. The van der Waals surface area contributed by atoms with Gasteiger partial charge in [0, 0.05) is 0 Å². The molecule has 0 bridgehead atoms. The van der Waals surface area contributed by atoms with Crippen molar-refractivity contribution in [2.75, 3.05) is 0 Å². The maximum atomic E-state index is 13.7. The molecular formula is C16H17FO. The SMILES string of the molecule is Cc1ccc(COc2cccc(C)c2F)cc1C. The van der Waals surface area contributed by atoms with Crippen molar-refractivity contribution in [2.24, 2.45) is 0 Å². The smallest absolute Gasteiger partial charge is 0.167 e. The van der Waals surface area contributed by atoms with Gasteiger partial charge in [-0.05, 0) is 49.1 Å². The van der Waals surface area contributed by atoms with Gasteiger partial charge < -0.3 is 4.74 Å². The first-order chi connectivity index (χ1) is 8.58. The molecule has 0 aliphatic carbocycles. The molecule has 0 fully saturated rings. The van der Waals surface area contributed by atoms with Crippen molar-refractivity contribution in [1.82, 2.24) is 0 Å². The van der Waals surface area contributed by atoms with Crippen LogP contribution in [0.3, 0.4) is 0 Å². The molecule has 0 radical (unpaired) electrons. The third-order valence-corrected chi connectivity index (χ3v) is 3.12. The first-order valence-electron chi connectivity index (χ1n) is 6.02. The van der Waals surface area contributed by atoms with Gasteiger partial charge in [0.2, 0.25) is 0 Å². The lowest BCUT2D eigenvalue weighted by molar-refractivity contribution is 0.289. The van der Waals surface area contributed by atoms with Crippen LogP contribution >= 0.6 is 0 Å². The third-order valence-electron chi connectivity index (χ3n) is 3.12. The number of hydrogen-bond acceptors (Lipinski definition) is 1. The molecule has 0 heterocycles. The molecule has 0 aromatic heterocycles. The molecule has 0 atom stereocenters. The second-order valence-corrected chi connectivity index (χ2v) is 4.59. The van der Waals surface area contributed by atoms with Gasteiger partial charge in [-0.1, -0.05) is 30.3 Å². The Bertz CT molecular complexity index is 561. The van der Waals surface area contributed by atoms with Gasteiger partial charge >= 0.3 is 0 Å². The predicted molar refractivity (Wildman–Crippen MR) is 71.4 cm³/mol. The molecule has 0 N–H and O–H groups in total. The molecule has 0 saturated heterocycles. The fourth-order valence-corrected chi connectivity index (χ4v) is 1.79. The van der Waals surface area contributed by atoms with E-state index < -0.39 is 0 Å². The van der Waals surface area contributed by atoms with Crippen LogP contribution in [0.5, 0.6) is 5.75 Å². The van der Waals surface area contributed by atoms with Gasteiger partial charge in [-0.15, -0.1) is 0 Å². The highest BCUT2D eigenvalue weighted by molar-refractivity contribution is 5.32. The van der Waals surface area contributed by atoms with Crippen molar-refractivity contribution in [3.05, 3.63) is 64.5 Å². The minimum absolute atomic E-state index is 0.277. The van der Waals surface area contributed by atoms with Gasteiger partial charge in [0.15, 0.2) is 11.6 Å². The lowest BCUT2D eigenvalue weighted by Gasteiger charge is -2.10. The van der Waals surface area contributed by atoms with Crippen molar-refractivity contribution in [2.45, 2.75) is 27.4 Å². The van der Waals surface area contributed by atoms with E-state index >= 15 is 0 Å². The minimum Gasteiger partial charge on any atom is -0.486 e. The van der Waals surface area contributed by atoms with E-state index in [1.807, 2.05) is 6.07 Å². The van der Waals surface area contributed by atoms with E-state index in [0.717, 1.165) is 5.56 Å². The molecular weight excluding hydrogens is 227 g/mol. The van der Waals surface area contributed by atoms with Crippen molar-refractivity contribution in [3.63, 3.8) is 0 Å². The molecule has 1 nitrogen and oxygen atoms in total. The van der Waals surface area contributed by atoms with Crippen molar-refractivity contribution < 1.29 is 9.13 Å². The maximum absolute atomic E-state index is 13.7. The highest BCUT2D eigenvalue weighted by Crippen LogP contribution is 2.21. The molecule has 94 valence electrons. The Hall–Kier alpha value is -1.83. The highest BCUT2D eigenvalue weighted by atomic mass is 19.1. The number of rotatable bonds is 3. The van der Waals surface area contributed by atoms with Gasteiger partial charge in [0.05, 0.1) is 0 Å². The molecule has 0 unspecified atom stereocenters. The first-order valence-corrected chi connectivity index (χ1v) is 6.02. The molecule has 18 heavy (non-hydrogen) atoms. The summed E-state index contributed by atoms with van der Waals surface area (Å²) in [5, 5.41) is 0. The van der Waals surface area contributed by atoms with Crippen molar-refractivity contribution in [3.8, 4) is 5.75 Å². The molecule has 2 heteroatoms. The summed E-state index contributed by atoms with van der Waals surface area (Å²) >= 11 is 0. The number of benzene rings is 2. The van der Waals surface area contributed by atoms with Crippen LogP contribution in [0.1, 0.15) is 22.3 Å². The summed E-state index contributed by atoms with van der Waals surface area (Å²) in [6.45, 7) is 6.26. The second kappa shape index (κ2) is 5.21. The van der Waals surface area contributed by atoms with Crippen LogP contribution in [0, 0.1) is 26.6 Å². The van der Waals surface area contributed by atoms with Crippen LogP contribution in [-0.2, 0) is 6.61 Å². The summed E-state index contributed by atoms with van der Waals surface area (Å²) < 4.78 is 19.2. The number of ether oxygens (including phenoxy) is 1. The number of aryl methyl sites for hydroxylation is 3. The summed E-state index contributed by atoms with van der Waals surface area (Å²) in [7, 11) is 0. The summed E-state index contributed by atoms with van der Waals surface area (Å²) in [4.78, 5) is 0. The highest BCUT2D eigenvalue weighted by Gasteiger charge is 2.06. The molecule has 0 saturated carbocycles. The van der Waals surface area contributed by atoms with E-state index in [4.69, 9.17) is 4.74 Å². The fourth-order valence-electron chi connectivity index (χ4n) is 1.79. The topological polar surface area (TPSA) is 9.23 Å². The molecule has 0 aliphatic rings. The average molecular weight is 244 g/mol. The van der Waals surface area contributed by atoms with Crippen LogP contribution in [-0.4, -0.2) is 0 Å². The van der Waals surface area contributed by atoms with Crippen LogP contribution < -0.4 is 4.74 Å². The van der Waals surface area contributed by atoms with E-state index in [0.29, 0.717) is 17.9 Å². The second-order valence-electron chi connectivity index (χ2n) is 4.59. The number of hydrogen-bond donors (Lipinski definition) is 0.